The Balaban J connectivity index is 0.000000223. The van der Waals surface area contributed by atoms with Gasteiger partial charge >= 0.3 is 0 Å². The van der Waals surface area contributed by atoms with Gasteiger partial charge in [0.15, 0.2) is 44.0 Å². The van der Waals surface area contributed by atoms with Gasteiger partial charge in [0.2, 0.25) is 5.79 Å². The van der Waals surface area contributed by atoms with E-state index < -0.39 is 299 Å². The molecule has 0 aromatic carbocycles. The van der Waals surface area contributed by atoms with Crippen LogP contribution in [0, 0.1) is 0 Å². The molecule has 0 spiro atoms. The Morgan fingerprint density at radius 1 is 0.228 bits per heavy atom. The van der Waals surface area contributed by atoms with E-state index in [4.69, 9.17) is 87.5 Å². The van der Waals surface area contributed by atoms with Crippen molar-refractivity contribution in [2.24, 2.45) is 0 Å². The minimum absolute atomic E-state index is 0.667. The molecule has 0 aliphatic carbocycles. The van der Waals surface area contributed by atoms with Crippen LogP contribution in [-0.4, -0.2) is 462 Å². The fourth-order valence-corrected chi connectivity index (χ4v) is 10.3. The first-order valence-electron chi connectivity index (χ1n) is 28.3. The van der Waals surface area contributed by atoms with Crippen LogP contribution in [0.3, 0.4) is 0 Å². The van der Waals surface area contributed by atoms with Crippen molar-refractivity contribution in [2.45, 2.75) is 239 Å². The van der Waals surface area contributed by atoms with Crippen LogP contribution in [0.5, 0.6) is 0 Å². The van der Waals surface area contributed by atoms with E-state index in [9.17, 15) is 133 Å². The summed E-state index contributed by atoms with van der Waals surface area (Å²) < 4.78 is 61.3. The first kappa shape index (κ1) is 80.9. The average molecular weight is 1370 g/mol. The maximum Gasteiger partial charge on any atom is 0.224 e. The summed E-state index contributed by atoms with van der Waals surface area (Å²) in [6.07, 6.45) is -59.4. The predicted octanol–water partition coefficient (Wildman–Crippen LogP) is -21.6. The molecule has 0 bridgehead atoms. The topological polar surface area (TPSA) is 758 Å². The molecule has 8 aliphatic rings. The Morgan fingerprint density at radius 3 is 0.728 bits per heavy atom. The van der Waals surface area contributed by atoms with Crippen LogP contribution in [0.15, 0.2) is 0 Å². The maximum absolute atomic E-state index is 10.00. The zero-order valence-corrected chi connectivity index (χ0v) is 48.0. The molecule has 0 unspecified atom stereocenters. The lowest BCUT2D eigenvalue weighted by atomic mass is 9.97. The second kappa shape index (κ2) is 35.8. The highest BCUT2D eigenvalue weighted by Crippen LogP contribution is 2.37. The molecule has 0 amide bonds. The lowest BCUT2D eigenvalue weighted by molar-refractivity contribution is -0.383. The van der Waals surface area contributed by atoms with E-state index in [1.54, 1.807) is 0 Å². The highest BCUT2D eigenvalue weighted by molar-refractivity contribution is 5.00. The molecular weight excluding hydrogens is 1280 g/mol. The lowest BCUT2D eigenvalue weighted by Crippen LogP contribution is -2.64. The van der Waals surface area contributed by atoms with Crippen LogP contribution in [0.4, 0.5) is 0 Å². The van der Waals surface area contributed by atoms with Crippen molar-refractivity contribution in [3.63, 3.8) is 0 Å². The van der Waals surface area contributed by atoms with Gasteiger partial charge in [-0.1, -0.05) is 0 Å². The molecule has 8 fully saturated rings. The van der Waals surface area contributed by atoms with Crippen LogP contribution in [-0.2, 0) is 56.8 Å². The molecule has 0 radical (unpaired) electrons. The quantitative estimate of drug-likeness (QED) is 0.0643. The molecule has 8 heterocycles. The van der Waals surface area contributed by atoms with Gasteiger partial charge in [0.05, 0.1) is 52.9 Å². The van der Waals surface area contributed by atoms with Crippen LogP contribution < -0.4 is 0 Å². The van der Waals surface area contributed by atoms with E-state index in [1.165, 1.54) is 0 Å². The molecule has 8 aliphatic heterocycles. The van der Waals surface area contributed by atoms with Gasteiger partial charge in [0, 0.05) is 0 Å². The normalized spacial score (nSPS) is 51.5. The molecule has 44 nitrogen and oxygen atoms in total. The van der Waals surface area contributed by atoms with Crippen molar-refractivity contribution in [3.05, 3.63) is 0 Å². The molecule has 44 heteroatoms. The third-order valence-corrected chi connectivity index (χ3v) is 16.0. The van der Waals surface area contributed by atoms with E-state index in [1.807, 2.05) is 0 Å². The molecule has 39 atom stereocenters. The monoisotopic (exact) mass is 1370 g/mol. The molecular formula is C48H88O44. The third-order valence-electron chi connectivity index (χ3n) is 16.0. The summed E-state index contributed by atoms with van der Waals surface area (Å²) in [6.45, 7) is -6.35. The highest BCUT2D eigenvalue weighted by atomic mass is 16.8. The minimum Gasteiger partial charge on any atom is -0.394 e. The Hall–Kier alpha value is -1.76. The fraction of sp³-hybridized carbons (Fsp3) is 1.00. The van der Waals surface area contributed by atoms with Gasteiger partial charge in [0.25, 0.3) is 0 Å². The van der Waals surface area contributed by atoms with Gasteiger partial charge in [-0.15, -0.1) is 0 Å². The first-order chi connectivity index (χ1) is 43.2. The summed E-state index contributed by atoms with van der Waals surface area (Å²) >= 11 is 0. The molecule has 0 aromatic heterocycles. The molecule has 32 N–H and O–H groups in total. The molecule has 92 heavy (non-hydrogen) atoms. The highest BCUT2D eigenvalue weighted by Gasteiger charge is 2.59. The molecule has 0 saturated carbocycles. The van der Waals surface area contributed by atoms with Crippen molar-refractivity contribution in [1.82, 2.24) is 0 Å². The standard InChI is InChI=1S/4C12H22O11/c13-1-4-6(16)8(18)9(19)11(21-4)23-12(3-15)10(20)7(17)5(2-14)22-12;2*13-1-3-5(15)6(16)9(19)12(22-3)23-10-4(2-14)21-11(20)8(18)7(10)17;13-1-3-5(15)7(17)9(19)11(21-3)23-12-10(20)8(18)6(16)4(2-14)22-12/h4-11,13-20H,1-3H2;3*3-20H,1-2H2/t4-,5-,6-,7-,8+,9-,10+,11-,12+;3-,4-,5+,6+,7-,8-,9-,10-,11-,12+;3-,4-,5-,6+,7-,8-,9-,10-,11-,12-;3-,4-,5-,6-,7+,8+,9-,10-,11-,12-/m1111/s1. The number of ether oxygens (including phenoxy) is 12. The number of aliphatic hydroxyl groups is 32. The number of rotatable bonds is 17. The largest absolute Gasteiger partial charge is 0.394 e. The molecule has 8 rings (SSSR count). The summed E-state index contributed by atoms with van der Waals surface area (Å²) in [5.41, 5.74) is 0. The maximum atomic E-state index is 10.00. The van der Waals surface area contributed by atoms with E-state index in [-0.39, 0.29) is 0 Å². The van der Waals surface area contributed by atoms with E-state index in [2.05, 4.69) is 0 Å². The zero-order valence-electron chi connectivity index (χ0n) is 48.0. The Kier molecular flexibility index (Phi) is 31.5. The Morgan fingerprint density at radius 2 is 0.478 bits per heavy atom. The van der Waals surface area contributed by atoms with Crippen molar-refractivity contribution in [1.29, 1.82) is 0 Å². The van der Waals surface area contributed by atoms with E-state index in [0.717, 1.165) is 0 Å². The number of aliphatic hydroxyl groups excluding tert-OH is 32. The lowest BCUT2D eigenvalue weighted by Gasteiger charge is -2.45. The van der Waals surface area contributed by atoms with Crippen LogP contribution >= 0.6 is 0 Å². The Labute approximate surface area is 518 Å². The van der Waals surface area contributed by atoms with Gasteiger partial charge in [0.1, 0.15) is 196 Å². The fourth-order valence-electron chi connectivity index (χ4n) is 10.3. The Bertz CT molecular complexity index is 1980. The molecule has 8 saturated heterocycles. The first-order valence-corrected chi connectivity index (χ1v) is 28.3. The van der Waals surface area contributed by atoms with Crippen LogP contribution in [0.1, 0.15) is 0 Å². The summed E-state index contributed by atoms with van der Waals surface area (Å²) in [7, 11) is 0. The third kappa shape index (κ3) is 18.0. The van der Waals surface area contributed by atoms with Gasteiger partial charge in [-0.3, -0.25) is 0 Å². The van der Waals surface area contributed by atoms with Gasteiger partial charge in [-0.05, 0) is 0 Å². The predicted molar refractivity (Wildman–Crippen MR) is 274 cm³/mol. The summed E-state index contributed by atoms with van der Waals surface area (Å²) in [6, 6.07) is 0. The molecule has 0 aromatic rings. The average Bonchev–Trinajstić information content (AvgIpc) is 1.67. The van der Waals surface area contributed by atoms with Gasteiger partial charge in [-0.2, -0.15) is 0 Å². The molecule has 544 valence electrons. The SMILES string of the molecule is OC[C@H]1O[C@@H](O[C@H]2[C@H](O)[C@@H](O)[C@H](O)O[C@@H]2CO)[C@H](O)[C@@H](O)[C@H]1O.OC[C@H]1O[C@@](CO)(O[C@H]2O[C@H](CO)[C@@H](O)[C@H](O)[C@H]2O)[C@@H](O)[C@@H]1O.OC[C@H]1O[C@H](O[C@H]2O[C@H](CO)[C@@H](O)[C@H](O)[C@H]2O)[C@H](O)[C@@H](O)[C@@H]1O.OC[C@H]1O[C@H](O[C@H]2[C@H](O)[C@@H](O)[C@H](O)O[C@@H]2CO)[C@H](O)[C@@H](O)[C@@H]1O. The summed E-state index contributed by atoms with van der Waals surface area (Å²) in [5.74, 6) is -2.22. The summed E-state index contributed by atoms with van der Waals surface area (Å²) in [5, 5.41) is 306. The van der Waals surface area contributed by atoms with Crippen molar-refractivity contribution in [3.8, 4) is 0 Å². The van der Waals surface area contributed by atoms with Gasteiger partial charge in [-0.25, -0.2) is 0 Å². The van der Waals surface area contributed by atoms with Crippen molar-refractivity contribution in [2.75, 3.05) is 59.5 Å². The second-order valence-electron chi connectivity index (χ2n) is 22.1. The van der Waals surface area contributed by atoms with Gasteiger partial charge < -0.3 is 220 Å². The van der Waals surface area contributed by atoms with Crippen LogP contribution in [0.25, 0.3) is 0 Å². The van der Waals surface area contributed by atoms with Crippen LogP contribution in [0.2, 0.25) is 0 Å². The van der Waals surface area contributed by atoms with E-state index >= 15 is 0 Å². The smallest absolute Gasteiger partial charge is 0.224 e. The zero-order chi connectivity index (χ0) is 69.3. The number of hydrogen-bond acceptors (Lipinski definition) is 44. The van der Waals surface area contributed by atoms with Crippen molar-refractivity contribution >= 4 is 0 Å². The van der Waals surface area contributed by atoms with E-state index in [0.29, 0.717) is 0 Å². The van der Waals surface area contributed by atoms with Crippen molar-refractivity contribution < 1.29 is 220 Å². The second-order valence-corrected chi connectivity index (χ2v) is 22.1. The summed E-state index contributed by atoms with van der Waals surface area (Å²) in [4.78, 5) is 0. The minimum atomic E-state index is -2.22. The number of hydrogen-bond donors (Lipinski definition) is 32.